The molecule has 5 rings (SSSR count). The number of ether oxygens (including phenoxy) is 2. The molecule has 2 aromatic carbocycles. The molecule has 4 aromatic rings. The number of thiazole rings is 1. The maximum absolute atomic E-state index is 15.5. The number of quaternary nitrogens is 1. The van der Waals surface area contributed by atoms with Gasteiger partial charge in [-0.3, -0.25) is 15.0 Å². The number of nitrogens with zero attached hydrogens (tertiary/aromatic N) is 7. The second-order valence-electron chi connectivity index (χ2n) is 12.4. The molecule has 2 unspecified atom stereocenters. The van der Waals surface area contributed by atoms with Crippen molar-refractivity contribution in [3.8, 4) is 17.3 Å². The highest BCUT2D eigenvalue weighted by Crippen LogP contribution is 2.42. The highest BCUT2D eigenvalue weighted by molar-refractivity contribution is 7.10. The molecular formula is C36H39Cl3F2N8O5S. The van der Waals surface area contributed by atoms with Crippen LogP contribution in [-0.2, 0) is 19.9 Å². The molecule has 0 spiro atoms. The normalized spacial score (nSPS) is 16.3. The molecule has 0 aliphatic carbocycles. The van der Waals surface area contributed by atoms with Gasteiger partial charge in [-0.15, -0.1) is 40.7 Å². The van der Waals surface area contributed by atoms with Gasteiger partial charge in [0.15, 0.2) is 11.9 Å². The Morgan fingerprint density at radius 1 is 1.13 bits per heavy atom. The van der Waals surface area contributed by atoms with Gasteiger partial charge in [0.1, 0.15) is 43.8 Å². The third-order valence-corrected chi connectivity index (χ3v) is 9.68. The first-order valence-electron chi connectivity index (χ1n) is 16.1. The number of halogens is 5. The zero-order valence-electron chi connectivity index (χ0n) is 30.1. The van der Waals surface area contributed by atoms with Gasteiger partial charge in [-0.05, 0) is 50.5 Å². The van der Waals surface area contributed by atoms with Crippen LogP contribution >= 0.6 is 36.2 Å². The van der Waals surface area contributed by atoms with Crippen molar-refractivity contribution >= 4 is 66.7 Å². The first-order chi connectivity index (χ1) is 24.8. The minimum absolute atomic E-state index is 0. The van der Waals surface area contributed by atoms with Crippen molar-refractivity contribution in [3.05, 3.63) is 99.5 Å². The number of likely N-dealkylation sites (N-methyl/N-ethyl adjacent to an activating group) is 1. The van der Waals surface area contributed by atoms with E-state index in [0.717, 1.165) is 23.8 Å². The molecule has 3 heterocycles. The van der Waals surface area contributed by atoms with Gasteiger partial charge >= 0.3 is 12.1 Å². The number of aliphatic hydroxyl groups is 1. The van der Waals surface area contributed by atoms with Crippen molar-refractivity contribution in [1.82, 2.24) is 14.9 Å². The number of hydrogen-bond donors (Lipinski definition) is 2. The van der Waals surface area contributed by atoms with Crippen LogP contribution < -0.4 is 17.7 Å². The molecule has 0 saturated heterocycles. The summed E-state index contributed by atoms with van der Waals surface area (Å²) in [6.45, 7) is 2.42. The molecular weight excluding hydrogens is 801 g/mol. The smallest absolute Gasteiger partial charge is 0.413 e. The van der Waals surface area contributed by atoms with Gasteiger partial charge in [-0.25, -0.2) is 23.5 Å². The van der Waals surface area contributed by atoms with E-state index in [1.54, 1.807) is 62.8 Å². The van der Waals surface area contributed by atoms with Crippen LogP contribution in [0, 0.1) is 23.0 Å². The van der Waals surface area contributed by atoms with Crippen molar-refractivity contribution in [3.63, 3.8) is 0 Å². The Balaban J connectivity index is 0.00000348. The van der Waals surface area contributed by atoms with Crippen LogP contribution in [0.15, 0.2) is 76.3 Å². The van der Waals surface area contributed by atoms with Crippen LogP contribution in [0.25, 0.3) is 11.3 Å². The Labute approximate surface area is 339 Å². The molecule has 19 heteroatoms. The fourth-order valence-corrected chi connectivity index (χ4v) is 6.74. The monoisotopic (exact) mass is 838 g/mol. The number of nitriles is 1. The molecule has 0 radical (unpaired) electrons. The van der Waals surface area contributed by atoms with Crippen molar-refractivity contribution in [1.29, 1.82) is 5.26 Å². The second kappa shape index (κ2) is 20.4. The van der Waals surface area contributed by atoms with E-state index in [1.807, 2.05) is 4.90 Å². The fraction of sp³-hybridized carbons (Fsp3) is 0.306. The van der Waals surface area contributed by atoms with Crippen molar-refractivity contribution in [2.45, 2.75) is 31.4 Å². The Kier molecular flexibility index (Phi) is 17.2. The SMILES string of the molecule is CC(=O)OCC(c1cccnc1NC(=O)OCC[N+]1(C[C@](O)(c2cc(F)ccc2F)[C@@H](C)c2nc(-c3ccc(C#N)cc3)cs2)C=NC=N1)N(C)C.Cl.Cl.[Cl-]. The first kappa shape index (κ1) is 46.6. The summed E-state index contributed by atoms with van der Waals surface area (Å²) >= 11 is 1.24. The Hall–Kier alpha value is -4.60. The van der Waals surface area contributed by atoms with Crippen molar-refractivity contribution in [2.75, 3.05) is 45.7 Å². The van der Waals surface area contributed by atoms with Gasteiger partial charge < -0.3 is 27.0 Å². The molecule has 2 aromatic heterocycles. The highest BCUT2D eigenvalue weighted by atomic mass is 35.5. The highest BCUT2D eigenvalue weighted by Gasteiger charge is 2.49. The predicted molar refractivity (Wildman–Crippen MR) is 205 cm³/mol. The van der Waals surface area contributed by atoms with E-state index in [0.29, 0.717) is 21.8 Å². The van der Waals surface area contributed by atoms with E-state index in [1.165, 1.54) is 37.1 Å². The molecule has 2 N–H and O–H groups in total. The topological polar surface area (TPSA) is 162 Å². The zero-order chi connectivity index (χ0) is 37.5. The number of esters is 1. The Bertz CT molecular complexity index is 2020. The summed E-state index contributed by atoms with van der Waals surface area (Å²) in [5, 5.41) is 31.0. The molecule has 0 fully saturated rings. The van der Waals surface area contributed by atoms with Crippen LogP contribution in [0.1, 0.15) is 47.5 Å². The lowest BCUT2D eigenvalue weighted by molar-refractivity contribution is -0.848. The number of hydrogen-bond acceptors (Lipinski definition) is 12. The molecule has 1 amide bonds. The lowest BCUT2D eigenvalue weighted by atomic mass is 9.81. The summed E-state index contributed by atoms with van der Waals surface area (Å²) in [5.41, 5.74) is 0.0153. The maximum atomic E-state index is 15.5. The fourth-order valence-electron chi connectivity index (χ4n) is 5.77. The van der Waals surface area contributed by atoms with Gasteiger partial charge in [-0.2, -0.15) is 10.3 Å². The van der Waals surface area contributed by atoms with E-state index in [4.69, 9.17) is 19.7 Å². The summed E-state index contributed by atoms with van der Waals surface area (Å²) < 4.78 is 40.5. The van der Waals surface area contributed by atoms with Crippen LogP contribution in [0.5, 0.6) is 0 Å². The second-order valence-corrected chi connectivity index (χ2v) is 13.3. The predicted octanol–water partition coefficient (Wildman–Crippen LogP) is 3.41. The molecule has 55 heavy (non-hydrogen) atoms. The zero-order valence-corrected chi connectivity index (χ0v) is 33.3. The van der Waals surface area contributed by atoms with Crippen LogP contribution in [0.4, 0.5) is 19.4 Å². The molecule has 0 saturated carbocycles. The summed E-state index contributed by atoms with van der Waals surface area (Å²) in [6.07, 6.45) is 3.36. The maximum Gasteiger partial charge on any atom is 0.413 e. The number of pyridine rings is 1. The van der Waals surface area contributed by atoms with E-state index < -0.39 is 45.8 Å². The average Bonchev–Trinajstić information content (AvgIpc) is 3.80. The van der Waals surface area contributed by atoms with Gasteiger partial charge in [0.2, 0.25) is 6.34 Å². The summed E-state index contributed by atoms with van der Waals surface area (Å²) in [4.78, 5) is 39.4. The van der Waals surface area contributed by atoms with Gasteiger partial charge in [0.05, 0.1) is 28.4 Å². The summed E-state index contributed by atoms with van der Waals surface area (Å²) in [7, 11) is 3.59. The standard InChI is InChI=1S/C36H36F2N8O5S.3ClH/c1-23(34-43-31(19-52-34)26-9-7-25(17-39)8-10-26)36(49,29-16-27(37)11-12-30(29)38)20-46(22-40-21-42-46)14-15-50-35(48)44-33-28(6-5-13-41-33)32(45(3)4)18-51-24(2)47;;;/h5-13,16,19,21-23,32,49H,14-15,18,20H2,1-4H3;3*1H/t23-,32?,36+,46?;;;/m0.../s1. The molecule has 294 valence electrons. The molecule has 1 aliphatic heterocycles. The largest absolute Gasteiger partial charge is 1.00 e. The number of carbonyl (C=O) groups excluding carboxylic acids is 2. The third-order valence-electron chi connectivity index (χ3n) is 8.66. The summed E-state index contributed by atoms with van der Waals surface area (Å²) in [6, 6.07) is 14.8. The number of nitrogens with one attached hydrogen (secondary N) is 1. The molecule has 4 atom stereocenters. The van der Waals surface area contributed by atoms with Gasteiger partial charge in [0.25, 0.3) is 0 Å². The number of carbonyl (C=O) groups is 2. The molecule has 1 aliphatic rings. The summed E-state index contributed by atoms with van der Waals surface area (Å²) in [5.74, 6) is -2.71. The minimum atomic E-state index is -2.09. The first-order valence-corrected chi connectivity index (χ1v) is 17.0. The third kappa shape index (κ3) is 11.2. The lowest BCUT2D eigenvalue weighted by Crippen LogP contribution is -3.00. The van der Waals surface area contributed by atoms with E-state index >= 15 is 4.39 Å². The number of rotatable bonds is 14. The number of benzene rings is 2. The van der Waals surface area contributed by atoms with Crippen molar-refractivity contribution < 1.29 is 49.9 Å². The number of aromatic nitrogens is 2. The van der Waals surface area contributed by atoms with Crippen LogP contribution in [0.3, 0.4) is 0 Å². The molecule has 13 nitrogen and oxygen atoms in total. The number of anilines is 1. The Morgan fingerprint density at radius 3 is 2.49 bits per heavy atom. The van der Waals surface area contributed by atoms with Crippen LogP contribution in [-0.4, -0.2) is 89.7 Å². The van der Waals surface area contributed by atoms with E-state index in [9.17, 15) is 19.1 Å². The van der Waals surface area contributed by atoms with Crippen LogP contribution in [0.2, 0.25) is 0 Å². The average molecular weight is 840 g/mol. The number of aliphatic imine (C=N–C) groups is 1. The van der Waals surface area contributed by atoms with E-state index in [-0.39, 0.29) is 74.9 Å². The Morgan fingerprint density at radius 2 is 1.85 bits per heavy atom. The van der Waals surface area contributed by atoms with Gasteiger partial charge in [0, 0.05) is 41.1 Å². The minimum Gasteiger partial charge on any atom is -1.00 e. The van der Waals surface area contributed by atoms with E-state index in [2.05, 4.69) is 26.5 Å². The lowest BCUT2D eigenvalue weighted by Gasteiger charge is -2.38. The van der Waals surface area contributed by atoms with Crippen molar-refractivity contribution in [2.24, 2.45) is 10.1 Å². The van der Waals surface area contributed by atoms with Gasteiger partial charge in [-0.1, -0.05) is 30.2 Å². The number of amides is 1. The molecule has 0 bridgehead atoms. The quantitative estimate of drug-likeness (QED) is 0.143.